The highest BCUT2D eigenvalue weighted by molar-refractivity contribution is 6.01. The molecule has 8 nitrogen and oxygen atoms in total. The Hall–Kier alpha value is -3.42. The van der Waals surface area contributed by atoms with E-state index in [0.29, 0.717) is 18.4 Å². The first-order valence-electron chi connectivity index (χ1n) is 9.92. The van der Waals surface area contributed by atoms with Crippen LogP contribution in [0.5, 0.6) is 0 Å². The number of hydrogen-bond donors (Lipinski definition) is 3. The summed E-state index contributed by atoms with van der Waals surface area (Å²) in [5.74, 6) is 2.76. The number of hydrogen-bond acceptors (Lipinski definition) is 7. The number of benzene rings is 1. The van der Waals surface area contributed by atoms with Crippen LogP contribution in [-0.4, -0.2) is 38.5 Å². The number of nitrogens with one attached hydrogen (secondary N) is 3. The van der Waals surface area contributed by atoms with E-state index in [1.807, 2.05) is 37.3 Å². The molecule has 1 unspecified atom stereocenters. The number of H-pyrrole nitrogens is 1. The van der Waals surface area contributed by atoms with Gasteiger partial charge in [-0.25, -0.2) is 4.98 Å². The van der Waals surface area contributed by atoms with Crippen LogP contribution in [-0.2, 0) is 4.84 Å². The SMILES string of the molecule is Cc1cnc(NCC2CC(c3ccccc3)=NO2)nc1Nc1cc(C2CC2)n[nH]1. The van der Waals surface area contributed by atoms with E-state index in [4.69, 9.17) is 4.84 Å². The van der Waals surface area contributed by atoms with Gasteiger partial charge in [0.1, 0.15) is 17.7 Å². The van der Waals surface area contributed by atoms with Crippen LogP contribution in [0.25, 0.3) is 0 Å². The quantitative estimate of drug-likeness (QED) is 0.569. The molecule has 29 heavy (non-hydrogen) atoms. The van der Waals surface area contributed by atoms with Gasteiger partial charge in [-0.3, -0.25) is 5.10 Å². The molecule has 0 bridgehead atoms. The standard InChI is InChI=1S/C21H23N7O/c1-13-11-22-21(25-20(13)24-19-10-17(26-27-19)15-7-8-15)23-12-16-9-18(28-29-16)14-5-3-2-4-6-14/h2-6,10-11,15-16H,7-9,12H2,1H3,(H3,22,23,24,25,26,27). The van der Waals surface area contributed by atoms with Crippen LogP contribution in [0.15, 0.2) is 47.8 Å². The zero-order valence-electron chi connectivity index (χ0n) is 16.2. The van der Waals surface area contributed by atoms with Crippen LogP contribution >= 0.6 is 0 Å². The number of anilines is 3. The predicted octanol–water partition coefficient (Wildman–Crippen LogP) is 3.73. The second kappa shape index (κ2) is 7.54. The first-order valence-corrected chi connectivity index (χ1v) is 9.92. The van der Waals surface area contributed by atoms with Gasteiger partial charge in [-0.15, -0.1) is 0 Å². The Morgan fingerprint density at radius 3 is 2.90 bits per heavy atom. The number of aryl methyl sites for hydroxylation is 1. The van der Waals surface area contributed by atoms with Crippen molar-refractivity contribution in [3.63, 3.8) is 0 Å². The molecule has 3 heterocycles. The molecule has 1 atom stereocenters. The third kappa shape index (κ3) is 4.06. The van der Waals surface area contributed by atoms with Gasteiger partial charge in [-0.05, 0) is 25.3 Å². The Morgan fingerprint density at radius 2 is 2.07 bits per heavy atom. The smallest absolute Gasteiger partial charge is 0.224 e. The minimum Gasteiger partial charge on any atom is -0.390 e. The fraction of sp³-hybridized carbons (Fsp3) is 0.333. The summed E-state index contributed by atoms with van der Waals surface area (Å²) < 4.78 is 0. The molecular formula is C21H23N7O. The first kappa shape index (κ1) is 17.7. The van der Waals surface area contributed by atoms with Crippen molar-refractivity contribution in [3.8, 4) is 0 Å². The van der Waals surface area contributed by atoms with E-state index < -0.39 is 0 Å². The molecule has 2 aromatic heterocycles. The number of aromatic amines is 1. The van der Waals surface area contributed by atoms with Gasteiger partial charge in [0.05, 0.1) is 18.0 Å². The lowest BCUT2D eigenvalue weighted by Gasteiger charge is -2.12. The largest absolute Gasteiger partial charge is 0.390 e. The molecule has 3 aromatic rings. The average Bonchev–Trinajstić information content (AvgIpc) is 3.31. The number of aromatic nitrogens is 4. The lowest BCUT2D eigenvalue weighted by atomic mass is 10.1. The third-order valence-corrected chi connectivity index (χ3v) is 5.15. The Kier molecular flexibility index (Phi) is 4.59. The van der Waals surface area contributed by atoms with Gasteiger partial charge < -0.3 is 15.5 Å². The molecule has 1 fully saturated rings. The van der Waals surface area contributed by atoms with Crippen molar-refractivity contribution in [3.05, 3.63) is 59.4 Å². The van der Waals surface area contributed by atoms with Crippen LogP contribution in [0.3, 0.4) is 0 Å². The summed E-state index contributed by atoms with van der Waals surface area (Å²) in [7, 11) is 0. The maximum Gasteiger partial charge on any atom is 0.224 e. The van der Waals surface area contributed by atoms with Crippen molar-refractivity contribution >= 4 is 23.3 Å². The summed E-state index contributed by atoms with van der Waals surface area (Å²) in [6.07, 6.45) is 4.97. The van der Waals surface area contributed by atoms with Gasteiger partial charge in [0.15, 0.2) is 0 Å². The Balaban J connectivity index is 1.19. The lowest BCUT2D eigenvalue weighted by molar-refractivity contribution is 0.0948. The number of oxime groups is 1. The lowest BCUT2D eigenvalue weighted by Crippen LogP contribution is -2.21. The van der Waals surface area contributed by atoms with Crippen LogP contribution < -0.4 is 10.6 Å². The Morgan fingerprint density at radius 1 is 1.21 bits per heavy atom. The molecule has 5 rings (SSSR count). The summed E-state index contributed by atoms with van der Waals surface area (Å²) in [5, 5.41) is 18.2. The van der Waals surface area contributed by atoms with E-state index in [-0.39, 0.29) is 6.10 Å². The zero-order valence-corrected chi connectivity index (χ0v) is 16.2. The summed E-state index contributed by atoms with van der Waals surface area (Å²) in [5.41, 5.74) is 4.14. The van der Waals surface area contributed by atoms with Crippen LogP contribution in [0.4, 0.5) is 17.6 Å². The number of rotatable bonds is 7. The van der Waals surface area contributed by atoms with Crippen molar-refractivity contribution in [2.24, 2.45) is 5.16 Å². The molecule has 0 amide bonds. The van der Waals surface area contributed by atoms with Crippen molar-refractivity contribution in [2.75, 3.05) is 17.2 Å². The maximum absolute atomic E-state index is 5.56. The van der Waals surface area contributed by atoms with Gasteiger partial charge in [0.25, 0.3) is 0 Å². The van der Waals surface area contributed by atoms with Crippen LogP contribution in [0, 0.1) is 6.92 Å². The minimum atomic E-state index is -0.0415. The molecular weight excluding hydrogens is 366 g/mol. The van der Waals surface area contributed by atoms with Crippen molar-refractivity contribution in [1.29, 1.82) is 0 Å². The number of nitrogens with zero attached hydrogens (tertiary/aromatic N) is 4. The maximum atomic E-state index is 5.56. The fourth-order valence-electron chi connectivity index (χ4n) is 3.31. The Bertz CT molecular complexity index is 1030. The third-order valence-electron chi connectivity index (χ3n) is 5.15. The predicted molar refractivity (Wildman–Crippen MR) is 112 cm³/mol. The summed E-state index contributed by atoms with van der Waals surface area (Å²) in [6, 6.07) is 12.2. The normalized spacial score (nSPS) is 18.2. The fourth-order valence-corrected chi connectivity index (χ4v) is 3.31. The van der Waals surface area contributed by atoms with Gasteiger partial charge in [-0.2, -0.15) is 10.1 Å². The van der Waals surface area contributed by atoms with Crippen molar-refractivity contribution < 1.29 is 4.84 Å². The van der Waals surface area contributed by atoms with Crippen LogP contribution in [0.2, 0.25) is 0 Å². The molecule has 8 heteroatoms. The summed E-state index contributed by atoms with van der Waals surface area (Å²) >= 11 is 0. The molecule has 0 saturated heterocycles. The van der Waals surface area contributed by atoms with Gasteiger partial charge in [0.2, 0.25) is 5.95 Å². The Labute approximate surface area is 168 Å². The molecule has 1 aromatic carbocycles. The van der Waals surface area contributed by atoms with E-state index >= 15 is 0 Å². The first-order chi connectivity index (χ1) is 14.2. The van der Waals surface area contributed by atoms with E-state index in [2.05, 4.69) is 42.0 Å². The van der Waals surface area contributed by atoms with Crippen molar-refractivity contribution in [1.82, 2.24) is 20.2 Å². The summed E-state index contributed by atoms with van der Waals surface area (Å²) in [6.45, 7) is 2.56. The molecule has 148 valence electrons. The minimum absolute atomic E-state index is 0.0415. The van der Waals surface area contributed by atoms with E-state index in [9.17, 15) is 0 Å². The van der Waals surface area contributed by atoms with Crippen molar-refractivity contribution in [2.45, 2.75) is 38.2 Å². The average molecular weight is 389 g/mol. The topological polar surface area (TPSA) is 100 Å². The molecule has 1 saturated carbocycles. The van der Waals surface area contributed by atoms with E-state index in [0.717, 1.165) is 40.6 Å². The molecule has 0 spiro atoms. The highest BCUT2D eigenvalue weighted by Gasteiger charge is 2.26. The zero-order chi connectivity index (χ0) is 19.6. The molecule has 0 radical (unpaired) electrons. The molecule has 1 aliphatic heterocycles. The monoisotopic (exact) mass is 389 g/mol. The molecule has 3 N–H and O–H groups in total. The van der Waals surface area contributed by atoms with Gasteiger partial charge in [-0.1, -0.05) is 35.5 Å². The highest BCUT2D eigenvalue weighted by Crippen LogP contribution is 2.39. The van der Waals surface area contributed by atoms with E-state index in [1.165, 1.54) is 12.8 Å². The summed E-state index contributed by atoms with van der Waals surface area (Å²) in [4.78, 5) is 14.5. The molecule has 1 aliphatic carbocycles. The highest BCUT2D eigenvalue weighted by atomic mass is 16.6. The van der Waals surface area contributed by atoms with E-state index in [1.54, 1.807) is 6.20 Å². The van der Waals surface area contributed by atoms with Gasteiger partial charge >= 0.3 is 0 Å². The second-order valence-corrected chi connectivity index (χ2v) is 7.55. The van der Waals surface area contributed by atoms with Crippen LogP contribution in [0.1, 0.15) is 42.0 Å². The van der Waals surface area contributed by atoms with Gasteiger partial charge in [0, 0.05) is 30.2 Å². The second-order valence-electron chi connectivity index (χ2n) is 7.55. The molecule has 2 aliphatic rings.